The molecule has 4 atom stereocenters. The highest BCUT2D eigenvalue weighted by atomic mass is 35.5. The quantitative estimate of drug-likeness (QED) is 0.141. The lowest BCUT2D eigenvalue weighted by atomic mass is 9.83. The number of carbonyl (C=O) groups excluding carboxylic acids is 2. The number of fused-ring (bicyclic) bond motifs is 6. The second-order valence-electron chi connectivity index (χ2n) is 13.7. The van der Waals surface area contributed by atoms with Gasteiger partial charge in [-0.15, -0.1) is 0 Å². The summed E-state index contributed by atoms with van der Waals surface area (Å²) in [5, 5.41) is 1.76. The van der Waals surface area contributed by atoms with E-state index < -0.39 is 0 Å². The average Bonchev–Trinajstić information content (AvgIpc) is 3.83. The van der Waals surface area contributed by atoms with Gasteiger partial charge in [0.15, 0.2) is 11.8 Å². The summed E-state index contributed by atoms with van der Waals surface area (Å²) in [5.74, 6) is -0.272. The van der Waals surface area contributed by atoms with E-state index in [1.165, 1.54) is 30.4 Å². The van der Waals surface area contributed by atoms with Gasteiger partial charge in [0.05, 0.1) is 28.9 Å². The van der Waals surface area contributed by atoms with Crippen LogP contribution in [-0.2, 0) is 20.7 Å². The Morgan fingerprint density at radius 1 is 1.15 bits per heavy atom. The molecule has 4 aliphatic rings. The number of ketones is 1. The van der Waals surface area contributed by atoms with Gasteiger partial charge in [0.25, 0.3) is 0 Å². The van der Waals surface area contributed by atoms with Gasteiger partial charge in [0.2, 0.25) is 0 Å². The molecule has 3 unspecified atom stereocenters. The van der Waals surface area contributed by atoms with Crippen molar-refractivity contribution in [1.82, 2.24) is 9.97 Å². The maximum Gasteiger partial charge on any atom is 0.307 e. The van der Waals surface area contributed by atoms with Gasteiger partial charge in [-0.05, 0) is 75.0 Å². The van der Waals surface area contributed by atoms with Crippen LogP contribution in [0.15, 0.2) is 32.9 Å². The van der Waals surface area contributed by atoms with E-state index in [-0.39, 0.29) is 54.6 Å². The van der Waals surface area contributed by atoms with Crippen molar-refractivity contribution >= 4 is 52.5 Å². The number of nitrogens with one attached hydrogen (secondary N) is 2. The van der Waals surface area contributed by atoms with Crippen molar-refractivity contribution in [3.05, 3.63) is 61.7 Å². The number of hydrogen-bond acceptors (Lipinski definition) is 6. The predicted octanol–water partition coefficient (Wildman–Crippen LogP) is 7.20. The number of unbranched alkanes of at least 4 members (excludes halogenated alkanes) is 3. The fourth-order valence-corrected chi connectivity index (χ4v) is 8.07. The van der Waals surface area contributed by atoms with Gasteiger partial charge in [-0.2, -0.15) is 0 Å². The van der Waals surface area contributed by atoms with Crippen LogP contribution >= 0.6 is 11.6 Å². The van der Waals surface area contributed by atoms with E-state index in [0.717, 1.165) is 87.3 Å². The van der Waals surface area contributed by atoms with Crippen molar-refractivity contribution in [3.63, 3.8) is 0 Å². The Bertz CT molecular complexity index is 1860. The number of rotatable bonds is 12. The molecule has 1 aliphatic carbocycles. The number of carbonyl (C=O) groups is 2. The van der Waals surface area contributed by atoms with Gasteiger partial charge < -0.3 is 19.4 Å². The lowest BCUT2D eigenvalue weighted by molar-refractivity contribution is -0.141. The van der Waals surface area contributed by atoms with E-state index in [9.17, 15) is 9.59 Å². The molecule has 0 amide bonds. The molecule has 256 valence electrons. The van der Waals surface area contributed by atoms with Crippen molar-refractivity contribution < 1.29 is 19.1 Å². The van der Waals surface area contributed by atoms with Gasteiger partial charge in [0.1, 0.15) is 0 Å². The van der Waals surface area contributed by atoms with Crippen LogP contribution in [0, 0.1) is 18.8 Å². The van der Waals surface area contributed by atoms with Crippen LogP contribution in [0.4, 0.5) is 0 Å². The van der Waals surface area contributed by atoms with Gasteiger partial charge in [-0.3, -0.25) is 19.6 Å². The molecule has 2 aromatic heterocycles. The molecule has 8 nitrogen and oxygen atoms in total. The number of aliphatic imine (C=N–C) groups is 2. The number of allylic oxidation sites excluding steroid dienone is 2. The number of aromatic amines is 2. The summed E-state index contributed by atoms with van der Waals surface area (Å²) in [5.41, 5.74) is 11.2. The standard InChI is InChI=1S/C39H49ClN4O4/c1-7-9-10-11-14-47-24(6)28-15-25-16-30-22(4)27(12-13-36(46)48-20-40)38(43-30)29-17-35(45)37-23(5)32(44-39(29)37)19-33-26(8-2)21(3)31(42-33)18-34(28)41-25/h15-16,19,22,24,27,31,41,44H,7-14,17-18,20H2,1-6H3/t22?,24?,27-,31?/m0/s1. The smallest absolute Gasteiger partial charge is 0.307 e. The summed E-state index contributed by atoms with van der Waals surface area (Å²) in [6.07, 6.45) is 11.5. The maximum atomic E-state index is 13.6. The van der Waals surface area contributed by atoms with Crippen molar-refractivity contribution in [1.29, 1.82) is 0 Å². The normalized spacial score (nSPS) is 22.1. The first-order valence-corrected chi connectivity index (χ1v) is 18.3. The Morgan fingerprint density at radius 2 is 1.96 bits per heavy atom. The highest BCUT2D eigenvalue weighted by Gasteiger charge is 2.38. The summed E-state index contributed by atoms with van der Waals surface area (Å²) in [6, 6.07) is 2.05. The third kappa shape index (κ3) is 6.58. The lowest BCUT2D eigenvalue weighted by Gasteiger charge is -2.18. The zero-order valence-electron chi connectivity index (χ0n) is 29.2. The van der Waals surface area contributed by atoms with E-state index in [4.69, 9.17) is 31.1 Å². The van der Waals surface area contributed by atoms with Gasteiger partial charge >= 0.3 is 5.97 Å². The number of alkyl halides is 1. The fraction of sp³-hybridized carbons (Fsp3) is 0.538. The number of Topliss-reactive ketones (excluding diaryl/α,β-unsaturated/α-hetero) is 1. The average molecular weight is 673 g/mol. The predicted molar refractivity (Wildman–Crippen MR) is 193 cm³/mol. The summed E-state index contributed by atoms with van der Waals surface area (Å²) in [6.45, 7) is 13.7. The summed E-state index contributed by atoms with van der Waals surface area (Å²) < 4.78 is 11.5. The first-order valence-electron chi connectivity index (χ1n) is 17.7. The Kier molecular flexibility index (Phi) is 10.4. The molecule has 8 bridgehead atoms. The molecule has 0 spiro atoms. The van der Waals surface area contributed by atoms with Gasteiger partial charge in [-0.1, -0.05) is 51.6 Å². The summed E-state index contributed by atoms with van der Waals surface area (Å²) in [4.78, 5) is 43.9. The van der Waals surface area contributed by atoms with E-state index in [0.29, 0.717) is 6.42 Å². The van der Waals surface area contributed by atoms with Crippen molar-refractivity contribution in [2.24, 2.45) is 21.8 Å². The third-order valence-corrected chi connectivity index (χ3v) is 10.8. The molecule has 2 aromatic rings. The molecule has 5 heterocycles. The zero-order valence-corrected chi connectivity index (χ0v) is 30.0. The molecule has 0 saturated heterocycles. The number of halogens is 1. The molecule has 48 heavy (non-hydrogen) atoms. The van der Waals surface area contributed by atoms with Crippen LogP contribution in [0.1, 0.15) is 125 Å². The largest absolute Gasteiger partial charge is 0.449 e. The second-order valence-corrected chi connectivity index (χ2v) is 14.0. The topological polar surface area (TPSA) is 109 Å². The molecule has 9 heteroatoms. The molecule has 3 aliphatic heterocycles. The van der Waals surface area contributed by atoms with Crippen molar-refractivity contribution in [2.75, 3.05) is 12.7 Å². The molecule has 0 aromatic carbocycles. The van der Waals surface area contributed by atoms with Crippen LogP contribution < -0.4 is 10.7 Å². The SMILES string of the molecule is CCCCCCOC(C)c1cc2[nH]c1CC1N=C(C=c3[nH]c4c(c3C)C(=O)CC=4C3=NC(=C2)C(C)[C@@H]3CCC(=O)OCCl)C(CC)=C1C. The van der Waals surface area contributed by atoms with E-state index in [2.05, 4.69) is 62.8 Å². The monoisotopic (exact) mass is 672 g/mol. The third-order valence-electron chi connectivity index (χ3n) is 10.7. The molecule has 2 N–H and O–H groups in total. The summed E-state index contributed by atoms with van der Waals surface area (Å²) >= 11 is 5.68. The number of aromatic nitrogens is 2. The number of esters is 1. The van der Waals surface area contributed by atoms with Crippen molar-refractivity contribution in [3.8, 4) is 0 Å². The minimum atomic E-state index is -0.332. The van der Waals surface area contributed by atoms with Crippen molar-refractivity contribution in [2.45, 2.75) is 111 Å². The molecular weight excluding hydrogens is 624 g/mol. The zero-order chi connectivity index (χ0) is 34.1. The fourth-order valence-electron chi connectivity index (χ4n) is 7.95. The number of hydrogen-bond donors (Lipinski definition) is 2. The molecule has 0 radical (unpaired) electrons. The lowest BCUT2D eigenvalue weighted by Crippen LogP contribution is -2.24. The van der Waals surface area contributed by atoms with E-state index in [1.807, 2.05) is 6.92 Å². The van der Waals surface area contributed by atoms with Crippen LogP contribution in [0.2, 0.25) is 0 Å². The second kappa shape index (κ2) is 14.6. The van der Waals surface area contributed by atoms with Crippen LogP contribution in [0.3, 0.4) is 0 Å². The molecule has 0 fully saturated rings. The number of ether oxygens (including phenoxy) is 2. The van der Waals surface area contributed by atoms with Crippen LogP contribution in [-0.4, -0.2) is 51.9 Å². The van der Waals surface area contributed by atoms with E-state index >= 15 is 0 Å². The van der Waals surface area contributed by atoms with Crippen LogP contribution in [0.5, 0.6) is 0 Å². The summed E-state index contributed by atoms with van der Waals surface area (Å²) in [7, 11) is 0. The Hall–Kier alpha value is -3.49. The first kappa shape index (κ1) is 34.4. The first-order chi connectivity index (χ1) is 23.1. The Labute approximate surface area is 288 Å². The van der Waals surface area contributed by atoms with Gasteiger partial charge in [-0.25, -0.2) is 0 Å². The minimum Gasteiger partial charge on any atom is -0.449 e. The molecule has 0 saturated carbocycles. The molecular formula is C39H49ClN4O4. The Morgan fingerprint density at radius 3 is 2.71 bits per heavy atom. The van der Waals surface area contributed by atoms with Gasteiger partial charge in [0, 0.05) is 76.8 Å². The van der Waals surface area contributed by atoms with Crippen LogP contribution in [0.25, 0.3) is 17.7 Å². The highest BCUT2D eigenvalue weighted by Crippen LogP contribution is 2.40. The number of nitrogens with zero attached hydrogens (tertiary/aromatic N) is 2. The number of H-pyrrole nitrogens is 2. The highest BCUT2D eigenvalue weighted by molar-refractivity contribution is 6.29. The molecule has 6 rings (SSSR count). The van der Waals surface area contributed by atoms with E-state index in [1.54, 1.807) is 0 Å². The minimum absolute atomic E-state index is 0.00628. The maximum absolute atomic E-state index is 13.6. The Balaban J connectivity index is 1.49.